The van der Waals surface area contributed by atoms with Crippen LogP contribution >= 0.6 is 0 Å². The maximum Gasteiger partial charge on any atom is 0.119 e. The van der Waals surface area contributed by atoms with Crippen LogP contribution in [0.1, 0.15) is 17.5 Å². The van der Waals surface area contributed by atoms with E-state index in [1.165, 1.54) is 5.56 Å². The average Bonchev–Trinajstić information content (AvgIpc) is 2.75. The van der Waals surface area contributed by atoms with E-state index in [4.69, 9.17) is 4.74 Å². The molecular weight excluding hydrogens is 358 g/mol. The van der Waals surface area contributed by atoms with Crippen molar-refractivity contribution in [3.8, 4) is 16.9 Å². The van der Waals surface area contributed by atoms with Crippen LogP contribution in [-0.2, 0) is 0 Å². The smallest absolute Gasteiger partial charge is 0.119 e. The average molecular weight is 388 g/mol. The molecule has 0 saturated heterocycles. The van der Waals surface area contributed by atoms with Crippen LogP contribution in [0.15, 0.2) is 78.9 Å². The minimum absolute atomic E-state index is 0.127. The van der Waals surface area contributed by atoms with E-state index >= 15 is 0 Å². The summed E-state index contributed by atoms with van der Waals surface area (Å²) in [6.07, 6.45) is 2.80. The number of rotatable bonds is 9. The molecule has 3 nitrogen and oxygen atoms in total. The summed E-state index contributed by atoms with van der Waals surface area (Å²) in [5.74, 6) is 0.883. The number of nitrogens with zero attached hydrogens (tertiary/aromatic N) is 1. The van der Waals surface area contributed by atoms with Crippen LogP contribution in [-0.4, -0.2) is 43.9 Å². The molecule has 3 aromatic rings. The fraction of sp³-hybridized carbons (Fsp3) is 0.231. The first-order chi connectivity index (χ1) is 14.2. The quantitative estimate of drug-likeness (QED) is 0.511. The molecule has 0 spiro atoms. The van der Waals surface area contributed by atoms with Gasteiger partial charge in [0.25, 0.3) is 0 Å². The van der Waals surface area contributed by atoms with Crippen molar-refractivity contribution in [3.63, 3.8) is 0 Å². The van der Waals surface area contributed by atoms with Gasteiger partial charge in [-0.1, -0.05) is 72.8 Å². The van der Waals surface area contributed by atoms with Gasteiger partial charge in [0.1, 0.15) is 12.4 Å². The molecule has 0 heterocycles. The van der Waals surface area contributed by atoms with Crippen molar-refractivity contribution in [1.29, 1.82) is 0 Å². The van der Waals surface area contributed by atoms with Gasteiger partial charge in [0.05, 0.1) is 0 Å². The zero-order chi connectivity index (χ0) is 20.5. The Morgan fingerprint density at radius 3 is 2.28 bits per heavy atom. The lowest BCUT2D eigenvalue weighted by molar-refractivity contribution is 0.261. The van der Waals surface area contributed by atoms with Gasteiger partial charge < -0.3 is 14.7 Å². The number of likely N-dealkylation sites (N-methyl/N-ethyl adjacent to an activating group) is 1. The summed E-state index contributed by atoms with van der Waals surface area (Å²) in [6.45, 7) is 1.69. The zero-order valence-corrected chi connectivity index (χ0v) is 17.2. The molecule has 0 radical (unpaired) electrons. The van der Waals surface area contributed by atoms with Crippen molar-refractivity contribution in [2.24, 2.45) is 0 Å². The monoisotopic (exact) mass is 387 g/mol. The first-order valence-electron chi connectivity index (χ1n) is 10.0. The van der Waals surface area contributed by atoms with E-state index < -0.39 is 0 Å². The van der Waals surface area contributed by atoms with E-state index in [1.807, 2.05) is 44.4 Å². The molecule has 0 amide bonds. The van der Waals surface area contributed by atoms with Crippen LogP contribution in [0.3, 0.4) is 0 Å². The molecule has 150 valence electrons. The van der Waals surface area contributed by atoms with Crippen molar-refractivity contribution < 1.29 is 9.84 Å². The SMILES string of the molecule is CN(C)CCOc1ccc(-c2ccccc2/C=C(/CCO)c2ccccc2)cc1. The van der Waals surface area contributed by atoms with Crippen LogP contribution in [0, 0.1) is 0 Å². The van der Waals surface area contributed by atoms with Crippen LogP contribution < -0.4 is 4.74 Å². The molecule has 3 rings (SSSR count). The summed E-state index contributed by atoms with van der Waals surface area (Å²) in [4.78, 5) is 2.10. The highest BCUT2D eigenvalue weighted by molar-refractivity contribution is 5.87. The van der Waals surface area contributed by atoms with Crippen molar-refractivity contribution in [2.45, 2.75) is 6.42 Å². The summed E-state index contributed by atoms with van der Waals surface area (Å²) in [7, 11) is 4.08. The van der Waals surface area contributed by atoms with Gasteiger partial charge in [-0.2, -0.15) is 0 Å². The molecule has 1 N–H and O–H groups in total. The van der Waals surface area contributed by atoms with Gasteiger partial charge in [0.2, 0.25) is 0 Å². The van der Waals surface area contributed by atoms with Gasteiger partial charge in [-0.15, -0.1) is 0 Å². The third kappa shape index (κ3) is 6.05. The summed E-state index contributed by atoms with van der Waals surface area (Å²) in [5, 5.41) is 9.54. The van der Waals surface area contributed by atoms with Crippen LogP contribution in [0.4, 0.5) is 0 Å². The first kappa shape index (κ1) is 20.8. The fourth-order valence-electron chi connectivity index (χ4n) is 3.22. The number of aliphatic hydroxyl groups is 1. The van der Waals surface area contributed by atoms with Crippen LogP contribution in [0.2, 0.25) is 0 Å². The molecule has 0 aliphatic rings. The van der Waals surface area contributed by atoms with E-state index in [-0.39, 0.29) is 6.61 Å². The number of hydrogen-bond donors (Lipinski definition) is 1. The highest BCUT2D eigenvalue weighted by Crippen LogP contribution is 2.30. The molecular formula is C26H29NO2. The molecule has 0 atom stereocenters. The fourth-order valence-corrected chi connectivity index (χ4v) is 3.22. The van der Waals surface area contributed by atoms with Crippen LogP contribution in [0.25, 0.3) is 22.8 Å². The lowest BCUT2D eigenvalue weighted by atomic mass is 9.95. The lowest BCUT2D eigenvalue weighted by Gasteiger charge is -2.13. The van der Waals surface area contributed by atoms with Crippen LogP contribution in [0.5, 0.6) is 5.75 Å². The maximum atomic E-state index is 9.54. The van der Waals surface area contributed by atoms with Crippen molar-refractivity contribution >= 4 is 11.6 Å². The van der Waals surface area contributed by atoms with Gasteiger partial charge in [0, 0.05) is 13.2 Å². The van der Waals surface area contributed by atoms with Gasteiger partial charge in [-0.05, 0) is 60.5 Å². The van der Waals surface area contributed by atoms with Crippen molar-refractivity contribution in [1.82, 2.24) is 4.90 Å². The highest BCUT2D eigenvalue weighted by atomic mass is 16.5. The number of benzene rings is 3. The third-order valence-electron chi connectivity index (χ3n) is 4.79. The van der Waals surface area contributed by atoms with Gasteiger partial charge in [0.15, 0.2) is 0 Å². The Morgan fingerprint density at radius 2 is 1.59 bits per heavy atom. The first-order valence-corrected chi connectivity index (χ1v) is 10.0. The largest absolute Gasteiger partial charge is 0.492 e. The predicted molar refractivity (Wildman–Crippen MR) is 122 cm³/mol. The van der Waals surface area contributed by atoms with Crippen molar-refractivity contribution in [2.75, 3.05) is 33.9 Å². The van der Waals surface area contributed by atoms with E-state index in [2.05, 4.69) is 59.5 Å². The topological polar surface area (TPSA) is 32.7 Å². The minimum Gasteiger partial charge on any atom is -0.492 e. The molecule has 0 bridgehead atoms. The second-order valence-electron chi connectivity index (χ2n) is 7.27. The highest BCUT2D eigenvalue weighted by Gasteiger charge is 2.07. The zero-order valence-electron chi connectivity index (χ0n) is 17.2. The summed E-state index contributed by atoms with van der Waals surface area (Å²) >= 11 is 0. The second-order valence-corrected chi connectivity index (χ2v) is 7.27. The van der Waals surface area contributed by atoms with Crippen molar-refractivity contribution in [3.05, 3.63) is 90.0 Å². The summed E-state index contributed by atoms with van der Waals surface area (Å²) < 4.78 is 5.81. The molecule has 3 heteroatoms. The standard InChI is InChI=1S/C26H29NO2/c1-27(2)17-19-29-25-14-12-22(13-15-25)26-11-7-6-10-24(26)20-23(16-18-28)21-8-4-3-5-9-21/h3-15,20,28H,16-19H2,1-2H3/b23-20-. The predicted octanol–water partition coefficient (Wildman–Crippen LogP) is 5.22. The Balaban J connectivity index is 1.86. The maximum absolute atomic E-state index is 9.54. The third-order valence-corrected chi connectivity index (χ3v) is 4.79. The molecule has 0 saturated carbocycles. The molecule has 0 unspecified atom stereocenters. The molecule has 0 aliphatic heterocycles. The Hall–Kier alpha value is -2.88. The summed E-state index contributed by atoms with van der Waals surface area (Å²) in [6, 6.07) is 26.9. The second kappa shape index (κ2) is 10.6. The Morgan fingerprint density at radius 1 is 0.897 bits per heavy atom. The molecule has 0 aromatic heterocycles. The van der Waals surface area contributed by atoms with E-state index in [0.29, 0.717) is 13.0 Å². The number of hydrogen-bond acceptors (Lipinski definition) is 3. The van der Waals surface area contributed by atoms with Gasteiger partial charge in [-0.3, -0.25) is 0 Å². The normalized spacial score (nSPS) is 11.7. The molecule has 0 aliphatic carbocycles. The Bertz CT molecular complexity index is 915. The Labute approximate surface area is 173 Å². The molecule has 3 aromatic carbocycles. The number of aliphatic hydroxyl groups excluding tert-OH is 1. The molecule has 0 fully saturated rings. The lowest BCUT2D eigenvalue weighted by Crippen LogP contribution is -2.19. The Kier molecular flexibility index (Phi) is 7.62. The van der Waals surface area contributed by atoms with Gasteiger partial charge >= 0.3 is 0 Å². The summed E-state index contributed by atoms with van der Waals surface area (Å²) in [5.41, 5.74) is 5.72. The number of ether oxygens (including phenoxy) is 1. The minimum atomic E-state index is 0.127. The van der Waals surface area contributed by atoms with E-state index in [0.717, 1.165) is 34.6 Å². The molecule has 29 heavy (non-hydrogen) atoms. The van der Waals surface area contributed by atoms with E-state index in [1.54, 1.807) is 0 Å². The van der Waals surface area contributed by atoms with Gasteiger partial charge in [-0.25, -0.2) is 0 Å². The van der Waals surface area contributed by atoms with E-state index in [9.17, 15) is 5.11 Å².